The van der Waals surface area contributed by atoms with Gasteiger partial charge in [0, 0.05) is 25.7 Å². The van der Waals surface area contributed by atoms with E-state index in [9.17, 15) is 14.0 Å². The Morgan fingerprint density at radius 1 is 1.09 bits per heavy atom. The SMILES string of the molecule is CCCCCn1c2c(c(=O)n(CCCc3cnn(Cc4cccc(F)c4)c3)c1=O)CC(Cl)=N2. The number of rotatable bonds is 10. The van der Waals surface area contributed by atoms with Crippen molar-refractivity contribution < 1.29 is 4.39 Å². The van der Waals surface area contributed by atoms with Crippen molar-refractivity contribution in [1.82, 2.24) is 18.9 Å². The van der Waals surface area contributed by atoms with E-state index < -0.39 is 0 Å². The molecule has 0 spiro atoms. The number of benzene rings is 1. The minimum atomic E-state index is -0.327. The average molecular weight is 472 g/mol. The molecule has 4 rings (SSSR count). The van der Waals surface area contributed by atoms with Crippen LogP contribution in [-0.2, 0) is 32.5 Å². The average Bonchev–Trinajstić information content (AvgIpc) is 3.39. The lowest BCUT2D eigenvalue weighted by molar-refractivity contribution is 0.513. The number of aromatic nitrogens is 4. The lowest BCUT2D eigenvalue weighted by atomic mass is 10.2. The van der Waals surface area contributed by atoms with Crippen molar-refractivity contribution >= 4 is 22.6 Å². The smallest absolute Gasteiger partial charge is 0.278 e. The van der Waals surface area contributed by atoms with Crippen LogP contribution >= 0.6 is 11.6 Å². The van der Waals surface area contributed by atoms with Crippen LogP contribution in [0.1, 0.15) is 49.3 Å². The number of unbranched alkanes of at least 4 members (excludes halogenated alkanes) is 2. The fourth-order valence-electron chi connectivity index (χ4n) is 4.13. The zero-order chi connectivity index (χ0) is 23.4. The van der Waals surface area contributed by atoms with Gasteiger partial charge < -0.3 is 0 Å². The molecule has 0 saturated heterocycles. The van der Waals surface area contributed by atoms with E-state index in [1.54, 1.807) is 21.5 Å². The van der Waals surface area contributed by atoms with E-state index in [2.05, 4.69) is 17.0 Å². The van der Waals surface area contributed by atoms with Gasteiger partial charge in [-0.3, -0.25) is 18.6 Å². The van der Waals surface area contributed by atoms with Gasteiger partial charge >= 0.3 is 5.69 Å². The van der Waals surface area contributed by atoms with E-state index in [0.717, 1.165) is 30.4 Å². The number of aliphatic imine (C=N–C) groups is 1. The van der Waals surface area contributed by atoms with Crippen LogP contribution in [0.15, 0.2) is 51.2 Å². The van der Waals surface area contributed by atoms with Crippen molar-refractivity contribution in [2.24, 2.45) is 4.99 Å². The molecule has 0 bridgehead atoms. The highest BCUT2D eigenvalue weighted by molar-refractivity contribution is 6.66. The first-order valence-corrected chi connectivity index (χ1v) is 11.7. The fourth-order valence-corrected chi connectivity index (χ4v) is 4.35. The molecule has 9 heteroatoms. The molecule has 1 aliphatic rings. The van der Waals surface area contributed by atoms with Crippen molar-refractivity contribution in [2.75, 3.05) is 0 Å². The predicted octanol–water partition coefficient (Wildman–Crippen LogP) is 4.04. The number of nitrogens with zero attached hydrogens (tertiary/aromatic N) is 5. The van der Waals surface area contributed by atoms with Crippen LogP contribution in [0.4, 0.5) is 10.2 Å². The van der Waals surface area contributed by atoms with Gasteiger partial charge in [0.1, 0.15) is 16.8 Å². The van der Waals surface area contributed by atoms with Crippen LogP contribution in [0.3, 0.4) is 0 Å². The van der Waals surface area contributed by atoms with Crippen LogP contribution < -0.4 is 11.2 Å². The van der Waals surface area contributed by atoms with Gasteiger partial charge in [0.2, 0.25) is 0 Å². The number of aryl methyl sites for hydroxylation is 1. The Kier molecular flexibility index (Phi) is 7.23. The molecule has 2 aromatic heterocycles. The largest absolute Gasteiger partial charge is 0.332 e. The Bertz CT molecular complexity index is 1290. The van der Waals surface area contributed by atoms with Crippen molar-refractivity contribution in [3.63, 3.8) is 0 Å². The third-order valence-corrected chi connectivity index (χ3v) is 6.01. The second-order valence-corrected chi connectivity index (χ2v) is 8.78. The minimum Gasteiger partial charge on any atom is -0.278 e. The first-order valence-electron chi connectivity index (χ1n) is 11.3. The molecule has 0 radical (unpaired) electrons. The first-order chi connectivity index (χ1) is 16.0. The van der Waals surface area contributed by atoms with Gasteiger partial charge in [-0.15, -0.1) is 0 Å². The summed E-state index contributed by atoms with van der Waals surface area (Å²) in [4.78, 5) is 30.3. The summed E-state index contributed by atoms with van der Waals surface area (Å²) < 4.78 is 18.1. The van der Waals surface area contributed by atoms with Crippen molar-refractivity contribution in [2.45, 2.75) is 65.1 Å². The lowest BCUT2D eigenvalue weighted by Crippen LogP contribution is -2.41. The highest BCUT2D eigenvalue weighted by Gasteiger charge is 2.24. The van der Waals surface area contributed by atoms with Crippen LogP contribution in [0.2, 0.25) is 0 Å². The Balaban J connectivity index is 1.45. The Morgan fingerprint density at radius 3 is 2.70 bits per heavy atom. The maximum Gasteiger partial charge on any atom is 0.332 e. The molecule has 0 unspecified atom stereocenters. The summed E-state index contributed by atoms with van der Waals surface area (Å²) in [5.41, 5.74) is 1.70. The van der Waals surface area contributed by atoms with Crippen LogP contribution in [-0.4, -0.2) is 24.1 Å². The second-order valence-electron chi connectivity index (χ2n) is 8.34. The highest BCUT2D eigenvalue weighted by Crippen LogP contribution is 2.24. The van der Waals surface area contributed by atoms with Crippen molar-refractivity contribution in [1.29, 1.82) is 0 Å². The van der Waals surface area contributed by atoms with E-state index in [4.69, 9.17) is 11.6 Å². The topological polar surface area (TPSA) is 74.2 Å². The third-order valence-electron chi connectivity index (χ3n) is 5.79. The maximum atomic E-state index is 13.4. The van der Waals surface area contributed by atoms with Crippen molar-refractivity contribution in [3.05, 3.63) is 80.0 Å². The second kappa shape index (κ2) is 10.3. The third kappa shape index (κ3) is 5.33. The molecule has 3 heterocycles. The molecule has 1 aliphatic heterocycles. The first kappa shape index (κ1) is 23.2. The summed E-state index contributed by atoms with van der Waals surface area (Å²) in [6.07, 6.45) is 8.11. The number of hydrogen-bond acceptors (Lipinski definition) is 4. The monoisotopic (exact) mass is 471 g/mol. The van der Waals surface area contributed by atoms with Gasteiger partial charge in [0.05, 0.1) is 18.3 Å². The summed E-state index contributed by atoms with van der Waals surface area (Å²) in [6, 6.07) is 6.43. The van der Waals surface area contributed by atoms with Gasteiger partial charge in [0.25, 0.3) is 5.56 Å². The summed E-state index contributed by atoms with van der Waals surface area (Å²) in [7, 11) is 0. The standard InChI is InChI=1S/C24H27ClFN5O2/c1-2-3-4-10-30-22-20(13-21(25)28-22)23(32)31(24(30)33)11-6-8-18-14-27-29(16-18)15-17-7-5-9-19(26)12-17/h5,7,9,12,14,16H,2-4,6,8,10-11,13,15H2,1H3. The molecule has 3 aromatic rings. The summed E-state index contributed by atoms with van der Waals surface area (Å²) in [6.45, 7) is 3.41. The van der Waals surface area contributed by atoms with E-state index in [1.807, 2.05) is 12.3 Å². The van der Waals surface area contributed by atoms with Gasteiger partial charge in [-0.1, -0.05) is 43.5 Å². The van der Waals surface area contributed by atoms with Gasteiger partial charge in [-0.25, -0.2) is 14.2 Å². The summed E-state index contributed by atoms with van der Waals surface area (Å²) >= 11 is 6.10. The molecule has 33 heavy (non-hydrogen) atoms. The fraction of sp³-hybridized carbons (Fsp3) is 0.417. The molecule has 0 saturated carbocycles. The molecule has 0 N–H and O–H groups in total. The highest BCUT2D eigenvalue weighted by atomic mass is 35.5. The van der Waals surface area contributed by atoms with Gasteiger partial charge in [0.15, 0.2) is 0 Å². The van der Waals surface area contributed by atoms with Crippen LogP contribution in [0, 0.1) is 5.82 Å². The minimum absolute atomic E-state index is 0.272. The Morgan fingerprint density at radius 2 is 1.91 bits per heavy atom. The van der Waals surface area contributed by atoms with Crippen LogP contribution in [0.25, 0.3) is 0 Å². The van der Waals surface area contributed by atoms with Crippen molar-refractivity contribution in [3.8, 4) is 0 Å². The molecule has 0 fully saturated rings. The molecule has 7 nitrogen and oxygen atoms in total. The summed E-state index contributed by atoms with van der Waals surface area (Å²) in [5, 5.41) is 4.69. The molecular formula is C24H27ClFN5O2. The van der Waals surface area contributed by atoms with E-state index >= 15 is 0 Å². The normalized spacial score (nSPS) is 12.8. The number of fused-ring (bicyclic) bond motifs is 1. The summed E-state index contributed by atoms with van der Waals surface area (Å²) in [5.74, 6) is 0.146. The Hall–Kier alpha value is -3.00. The molecule has 1 aromatic carbocycles. The molecule has 0 atom stereocenters. The quantitative estimate of drug-likeness (QED) is 0.419. The van der Waals surface area contributed by atoms with E-state index in [0.29, 0.717) is 49.0 Å². The number of halogens is 2. The van der Waals surface area contributed by atoms with E-state index in [1.165, 1.54) is 16.7 Å². The predicted molar refractivity (Wildman–Crippen MR) is 127 cm³/mol. The molecule has 0 amide bonds. The van der Waals surface area contributed by atoms with Crippen LogP contribution in [0.5, 0.6) is 0 Å². The van der Waals surface area contributed by atoms with Gasteiger partial charge in [-0.2, -0.15) is 5.10 Å². The molecular weight excluding hydrogens is 445 g/mol. The number of hydrogen-bond donors (Lipinski definition) is 0. The zero-order valence-corrected chi connectivity index (χ0v) is 19.4. The Labute approximate surface area is 196 Å². The maximum absolute atomic E-state index is 13.4. The lowest BCUT2D eigenvalue weighted by Gasteiger charge is -2.14. The molecule has 0 aliphatic carbocycles. The van der Waals surface area contributed by atoms with Gasteiger partial charge in [-0.05, 0) is 42.5 Å². The molecule has 174 valence electrons. The zero-order valence-electron chi connectivity index (χ0n) is 18.6. The van der Waals surface area contributed by atoms with E-state index in [-0.39, 0.29) is 23.5 Å².